The summed E-state index contributed by atoms with van der Waals surface area (Å²) >= 11 is 0. The molecule has 0 aromatic heterocycles. The fraction of sp³-hybridized carbons (Fsp3) is 0.194. The van der Waals surface area contributed by atoms with E-state index in [1.165, 1.54) is 33.5 Å². The number of benzene rings is 4. The Kier molecular flexibility index (Phi) is 15.1. The van der Waals surface area contributed by atoms with Crippen LogP contribution in [0.25, 0.3) is 0 Å². The summed E-state index contributed by atoms with van der Waals surface area (Å²) in [6, 6.07) is 44.4. The summed E-state index contributed by atoms with van der Waals surface area (Å²) in [5.74, 6) is 0. The van der Waals surface area contributed by atoms with E-state index in [0.717, 1.165) is 0 Å². The Labute approximate surface area is 258 Å². The molecule has 0 radical (unpaired) electrons. The van der Waals surface area contributed by atoms with E-state index in [1.807, 2.05) is 0 Å². The minimum atomic E-state index is -6.09. The van der Waals surface area contributed by atoms with Gasteiger partial charge in [-0.05, 0) is 54.8 Å². The minimum Gasteiger partial charge on any atom is -0.741 e. The predicted molar refractivity (Wildman–Crippen MR) is 164 cm³/mol. The first-order valence-electron chi connectivity index (χ1n) is 12.1. The van der Waals surface area contributed by atoms with Crippen LogP contribution in [-0.2, 0) is 30.5 Å². The van der Waals surface area contributed by atoms with Gasteiger partial charge in [-0.3, -0.25) is 0 Å². The van der Waals surface area contributed by atoms with Gasteiger partial charge < -0.3 is 12.0 Å². The average Bonchev–Trinajstić information content (AvgIpc) is 2.92. The van der Waals surface area contributed by atoms with E-state index >= 15 is 0 Å². The number of alkyl halides is 3. The third-order valence-corrected chi connectivity index (χ3v) is 12.3. The smallest absolute Gasteiger partial charge is 0.741 e. The van der Waals surface area contributed by atoms with E-state index in [4.69, 9.17) is 13.0 Å². The fourth-order valence-electron chi connectivity index (χ4n) is 4.00. The van der Waals surface area contributed by atoms with Gasteiger partial charge in [-0.2, -0.15) is 13.2 Å². The van der Waals surface area contributed by atoms with Gasteiger partial charge in [0.15, 0.2) is 10.1 Å². The first-order valence-corrected chi connectivity index (χ1v) is 16.6. The van der Waals surface area contributed by atoms with Crippen LogP contribution in [0.4, 0.5) is 13.2 Å². The first kappa shape index (κ1) is 37.1. The number of halogens is 3. The van der Waals surface area contributed by atoms with Crippen molar-refractivity contribution in [2.75, 3.05) is 12.3 Å². The molecule has 4 aromatic rings. The van der Waals surface area contributed by atoms with Gasteiger partial charge in [0.25, 0.3) is 0 Å². The molecule has 0 aliphatic heterocycles. The third kappa shape index (κ3) is 11.7. The molecule has 0 bridgehead atoms. The quantitative estimate of drug-likeness (QED) is 0.0667. The van der Waals surface area contributed by atoms with E-state index in [2.05, 4.69) is 135 Å². The second kappa shape index (κ2) is 16.7. The molecule has 0 aliphatic carbocycles. The zero-order valence-corrected chi connectivity index (χ0v) is 27.1. The molecule has 0 aliphatic rings. The molecule has 0 saturated heterocycles. The summed E-state index contributed by atoms with van der Waals surface area (Å²) in [6.07, 6.45) is 2.38. The van der Waals surface area contributed by atoms with Gasteiger partial charge >= 0.3 is 25.9 Å². The SMILES string of the molecule is CC(C)(CP(c1ccccc1)c1ccccc1)CP(c1ccccc1)c1ccccc1.O=S(=O)([O-])C(F)(F)F.[CH3-].[Pd+2]. The van der Waals surface area contributed by atoms with Crippen molar-refractivity contribution < 1.29 is 46.6 Å². The molecular formula is C31H33F3O3P2PdS. The Morgan fingerprint density at radius 1 is 0.585 bits per heavy atom. The molecule has 4 rings (SSSR count). The van der Waals surface area contributed by atoms with Crippen molar-refractivity contribution in [1.29, 1.82) is 0 Å². The number of hydrogen-bond donors (Lipinski definition) is 0. The summed E-state index contributed by atoms with van der Waals surface area (Å²) in [5, 5.41) is 5.89. The van der Waals surface area contributed by atoms with Crippen LogP contribution < -0.4 is 21.2 Å². The largest absolute Gasteiger partial charge is 2.00 e. The number of rotatable bonds is 8. The van der Waals surface area contributed by atoms with Crippen LogP contribution in [0.3, 0.4) is 0 Å². The molecule has 0 saturated carbocycles. The Morgan fingerprint density at radius 3 is 0.951 bits per heavy atom. The maximum Gasteiger partial charge on any atom is 2.00 e. The van der Waals surface area contributed by atoms with E-state index in [-0.39, 0.29) is 33.3 Å². The number of hydrogen-bond acceptors (Lipinski definition) is 3. The van der Waals surface area contributed by atoms with E-state index in [0.29, 0.717) is 0 Å². The van der Waals surface area contributed by atoms with Crippen molar-refractivity contribution in [3.05, 3.63) is 129 Å². The van der Waals surface area contributed by atoms with Crippen molar-refractivity contribution in [3.8, 4) is 0 Å². The molecule has 10 heteroatoms. The maximum atomic E-state index is 10.7. The minimum absolute atomic E-state index is 0. The first-order chi connectivity index (χ1) is 18.4. The van der Waals surface area contributed by atoms with Gasteiger partial charge in [0.2, 0.25) is 0 Å². The van der Waals surface area contributed by atoms with Crippen molar-refractivity contribution >= 4 is 47.2 Å². The Morgan fingerprint density at radius 2 is 0.780 bits per heavy atom. The van der Waals surface area contributed by atoms with Gasteiger partial charge in [-0.25, -0.2) is 8.42 Å². The van der Waals surface area contributed by atoms with Crippen LogP contribution in [0.15, 0.2) is 121 Å². The van der Waals surface area contributed by atoms with Crippen LogP contribution in [0, 0.1) is 12.8 Å². The third-order valence-electron chi connectivity index (χ3n) is 5.73. The molecule has 0 heterocycles. The Hall–Kier alpha value is -1.90. The van der Waals surface area contributed by atoms with Gasteiger partial charge in [0.05, 0.1) is 0 Å². The molecule has 41 heavy (non-hydrogen) atoms. The maximum absolute atomic E-state index is 10.7. The summed E-state index contributed by atoms with van der Waals surface area (Å²) < 4.78 is 58.9. The van der Waals surface area contributed by atoms with Crippen LogP contribution in [0.1, 0.15) is 13.8 Å². The summed E-state index contributed by atoms with van der Waals surface area (Å²) in [4.78, 5) is 0. The van der Waals surface area contributed by atoms with Gasteiger partial charge in [-0.1, -0.05) is 135 Å². The van der Waals surface area contributed by atoms with Crippen molar-refractivity contribution in [3.63, 3.8) is 0 Å². The topological polar surface area (TPSA) is 57.2 Å². The predicted octanol–water partition coefficient (Wildman–Crippen LogP) is 6.78. The van der Waals surface area contributed by atoms with Crippen LogP contribution in [0.2, 0.25) is 0 Å². The van der Waals surface area contributed by atoms with Crippen LogP contribution in [-0.4, -0.2) is 30.8 Å². The molecule has 4 aromatic carbocycles. The molecule has 0 unspecified atom stereocenters. The van der Waals surface area contributed by atoms with Gasteiger partial charge in [0, 0.05) is 0 Å². The van der Waals surface area contributed by atoms with Gasteiger partial charge in [-0.15, -0.1) is 0 Å². The van der Waals surface area contributed by atoms with Crippen LogP contribution in [0.5, 0.6) is 0 Å². The zero-order valence-electron chi connectivity index (χ0n) is 22.9. The summed E-state index contributed by atoms with van der Waals surface area (Å²) in [7, 11) is -6.88. The Bertz CT molecular complexity index is 1230. The molecular weight excluding hydrogens is 678 g/mol. The standard InChI is InChI=1S/C29H30P2.CHF3O3S.CH3.Pd/c1-29(2,23-30(25-15-7-3-8-16-25)26-17-9-4-10-18-26)24-31(27-19-11-5-12-20-27)28-21-13-6-14-22-28;2-1(3,4)8(5,6)7;;/h3-22H,23-24H2,1-2H3;(H,5,6,7);1H3;/q;;-1;+2/p-1. The summed E-state index contributed by atoms with van der Waals surface area (Å²) in [6.45, 7) is 4.94. The van der Waals surface area contributed by atoms with E-state index in [9.17, 15) is 13.2 Å². The van der Waals surface area contributed by atoms with E-state index < -0.39 is 31.5 Å². The normalized spacial score (nSPS) is 11.6. The average molecular weight is 711 g/mol. The van der Waals surface area contributed by atoms with Crippen molar-refractivity contribution in [1.82, 2.24) is 0 Å². The molecule has 3 nitrogen and oxygen atoms in total. The zero-order chi connectivity index (χ0) is 28.5. The molecule has 222 valence electrons. The second-order valence-corrected chi connectivity index (χ2v) is 15.4. The van der Waals surface area contributed by atoms with Crippen LogP contribution >= 0.6 is 15.8 Å². The second-order valence-electron chi connectivity index (χ2n) is 9.58. The molecule has 0 fully saturated rings. The van der Waals surface area contributed by atoms with Gasteiger partial charge in [0.1, 0.15) is 0 Å². The Balaban J connectivity index is 0.000000740. The molecule has 0 spiro atoms. The van der Waals surface area contributed by atoms with Crippen molar-refractivity contribution in [2.45, 2.75) is 19.4 Å². The fourth-order valence-corrected chi connectivity index (χ4v) is 9.57. The molecule has 0 amide bonds. The summed E-state index contributed by atoms with van der Waals surface area (Å²) in [5.41, 5.74) is -5.43. The van der Waals surface area contributed by atoms with Crippen molar-refractivity contribution in [2.24, 2.45) is 5.41 Å². The molecule has 0 N–H and O–H groups in total. The van der Waals surface area contributed by atoms with E-state index in [1.54, 1.807) is 0 Å². The molecule has 0 atom stereocenters. The monoisotopic (exact) mass is 710 g/mol.